The maximum atomic E-state index is 12.1. The van der Waals surface area contributed by atoms with Gasteiger partial charge in [-0.25, -0.2) is 0 Å². The first-order chi connectivity index (χ1) is 8.03. The molecule has 0 aromatic carbocycles. The molecule has 0 saturated carbocycles. The first-order valence-electron chi connectivity index (χ1n) is 6.17. The van der Waals surface area contributed by atoms with Gasteiger partial charge >= 0.3 is 5.97 Å². The molecule has 1 amide bonds. The molecule has 96 valence electrons. The van der Waals surface area contributed by atoms with E-state index in [1.165, 1.54) is 0 Å². The summed E-state index contributed by atoms with van der Waals surface area (Å²) in [4.78, 5) is 25.0. The van der Waals surface area contributed by atoms with Crippen molar-refractivity contribution in [1.82, 2.24) is 4.90 Å². The molecule has 1 unspecified atom stereocenters. The monoisotopic (exact) mass is 241 g/mol. The zero-order chi connectivity index (χ0) is 12.5. The lowest BCUT2D eigenvalue weighted by Gasteiger charge is -2.38. The molecule has 0 aromatic heterocycles. The van der Waals surface area contributed by atoms with Crippen LogP contribution in [0.25, 0.3) is 0 Å². The molecule has 2 rings (SSSR count). The minimum absolute atomic E-state index is 0.0327. The van der Waals surface area contributed by atoms with Crippen LogP contribution in [0, 0.1) is 5.41 Å². The molecule has 5 nitrogen and oxygen atoms in total. The van der Waals surface area contributed by atoms with Crippen molar-refractivity contribution in [3.8, 4) is 0 Å². The molecule has 17 heavy (non-hydrogen) atoms. The third-order valence-corrected chi connectivity index (χ3v) is 3.73. The Bertz CT molecular complexity index is 324. The van der Waals surface area contributed by atoms with Crippen LogP contribution in [0.5, 0.6) is 0 Å². The van der Waals surface area contributed by atoms with Gasteiger partial charge in [0.15, 0.2) is 0 Å². The fourth-order valence-electron chi connectivity index (χ4n) is 2.58. The Balaban J connectivity index is 2.01. The highest BCUT2D eigenvalue weighted by Crippen LogP contribution is 2.30. The minimum atomic E-state index is -0.817. The molecule has 0 radical (unpaired) electrons. The van der Waals surface area contributed by atoms with Crippen LogP contribution in [0.3, 0.4) is 0 Å². The van der Waals surface area contributed by atoms with E-state index in [1.807, 2.05) is 0 Å². The van der Waals surface area contributed by atoms with Crippen molar-refractivity contribution in [2.75, 3.05) is 19.7 Å². The van der Waals surface area contributed by atoms with Gasteiger partial charge < -0.3 is 14.7 Å². The largest absolute Gasteiger partial charge is 0.481 e. The summed E-state index contributed by atoms with van der Waals surface area (Å²) in [5.41, 5.74) is -0.799. The van der Waals surface area contributed by atoms with Gasteiger partial charge in [-0.3, -0.25) is 9.59 Å². The Morgan fingerprint density at radius 1 is 1.41 bits per heavy atom. The molecule has 2 heterocycles. The predicted octanol–water partition coefficient (Wildman–Crippen LogP) is 0.879. The topological polar surface area (TPSA) is 66.8 Å². The molecule has 2 atom stereocenters. The number of carboxylic acids is 1. The fourth-order valence-corrected chi connectivity index (χ4v) is 2.58. The van der Waals surface area contributed by atoms with Gasteiger partial charge in [-0.1, -0.05) is 0 Å². The van der Waals surface area contributed by atoms with Gasteiger partial charge in [0.25, 0.3) is 5.91 Å². The van der Waals surface area contributed by atoms with Gasteiger partial charge in [-0.15, -0.1) is 0 Å². The maximum absolute atomic E-state index is 12.1. The quantitative estimate of drug-likeness (QED) is 0.779. The number of carboxylic acid groups (broad SMARTS) is 1. The average molecular weight is 241 g/mol. The number of aliphatic carboxylic acids is 1. The van der Waals surface area contributed by atoms with Crippen LogP contribution >= 0.6 is 0 Å². The maximum Gasteiger partial charge on any atom is 0.311 e. The Morgan fingerprint density at radius 3 is 2.76 bits per heavy atom. The molecule has 0 spiro atoms. The zero-order valence-electron chi connectivity index (χ0n) is 10.1. The first kappa shape index (κ1) is 12.4. The van der Waals surface area contributed by atoms with E-state index in [2.05, 4.69) is 0 Å². The van der Waals surface area contributed by atoms with Crippen molar-refractivity contribution < 1.29 is 19.4 Å². The highest BCUT2D eigenvalue weighted by Gasteiger charge is 2.41. The molecule has 2 fully saturated rings. The summed E-state index contributed by atoms with van der Waals surface area (Å²) in [6, 6.07) is 0. The average Bonchev–Trinajstić information content (AvgIpc) is 2.81. The lowest BCUT2D eigenvalue weighted by molar-refractivity contribution is -0.156. The van der Waals surface area contributed by atoms with Gasteiger partial charge in [0.1, 0.15) is 6.10 Å². The van der Waals surface area contributed by atoms with Gasteiger partial charge in [0.05, 0.1) is 5.41 Å². The number of rotatable bonds is 2. The van der Waals surface area contributed by atoms with E-state index in [4.69, 9.17) is 4.74 Å². The Hall–Kier alpha value is -1.10. The highest BCUT2D eigenvalue weighted by molar-refractivity contribution is 5.83. The number of hydrogen-bond donors (Lipinski definition) is 1. The SMILES string of the molecule is CC1(C(=O)O)CCCN(C(=O)[C@@H]2CCCO2)C1. The molecule has 5 heteroatoms. The van der Waals surface area contributed by atoms with Crippen molar-refractivity contribution >= 4 is 11.9 Å². The van der Waals surface area contributed by atoms with E-state index in [0.717, 1.165) is 19.3 Å². The van der Waals surface area contributed by atoms with Crippen LogP contribution < -0.4 is 0 Å². The Labute approximate surface area is 101 Å². The molecule has 2 aliphatic rings. The van der Waals surface area contributed by atoms with E-state index in [0.29, 0.717) is 26.1 Å². The summed E-state index contributed by atoms with van der Waals surface area (Å²) >= 11 is 0. The molecule has 0 bridgehead atoms. The number of carbonyl (C=O) groups is 2. The molecule has 1 N–H and O–H groups in total. The smallest absolute Gasteiger partial charge is 0.311 e. The lowest BCUT2D eigenvalue weighted by Crippen LogP contribution is -2.51. The molecule has 2 saturated heterocycles. The minimum Gasteiger partial charge on any atom is -0.481 e. The van der Waals surface area contributed by atoms with Crippen molar-refractivity contribution in [2.24, 2.45) is 5.41 Å². The summed E-state index contributed by atoms with van der Waals surface area (Å²) in [7, 11) is 0. The van der Waals surface area contributed by atoms with Crippen molar-refractivity contribution in [3.05, 3.63) is 0 Å². The van der Waals surface area contributed by atoms with Crippen LogP contribution in [0.15, 0.2) is 0 Å². The summed E-state index contributed by atoms with van der Waals surface area (Å²) in [6.45, 7) is 3.31. The molecule has 2 aliphatic heterocycles. The number of hydrogen-bond acceptors (Lipinski definition) is 3. The van der Waals surface area contributed by atoms with Crippen molar-refractivity contribution in [2.45, 2.75) is 38.7 Å². The second kappa shape index (κ2) is 4.64. The van der Waals surface area contributed by atoms with Crippen LogP contribution in [0.4, 0.5) is 0 Å². The Morgan fingerprint density at radius 2 is 2.18 bits per heavy atom. The van der Waals surface area contributed by atoms with Crippen molar-refractivity contribution in [1.29, 1.82) is 0 Å². The van der Waals surface area contributed by atoms with Gasteiger partial charge in [-0.05, 0) is 32.6 Å². The third-order valence-electron chi connectivity index (χ3n) is 3.73. The zero-order valence-corrected chi connectivity index (χ0v) is 10.1. The van der Waals surface area contributed by atoms with E-state index < -0.39 is 11.4 Å². The lowest BCUT2D eigenvalue weighted by atomic mass is 9.82. The normalized spacial score (nSPS) is 33.7. The van der Waals surface area contributed by atoms with E-state index in [-0.39, 0.29) is 12.0 Å². The van der Waals surface area contributed by atoms with E-state index in [9.17, 15) is 14.7 Å². The second-order valence-electron chi connectivity index (χ2n) is 5.23. The summed E-state index contributed by atoms with van der Waals surface area (Å²) in [6.07, 6.45) is 2.73. The predicted molar refractivity (Wildman–Crippen MR) is 60.5 cm³/mol. The number of likely N-dealkylation sites (tertiary alicyclic amines) is 1. The second-order valence-corrected chi connectivity index (χ2v) is 5.23. The van der Waals surface area contributed by atoms with E-state index >= 15 is 0 Å². The summed E-state index contributed by atoms with van der Waals surface area (Å²) in [5, 5.41) is 9.19. The first-order valence-corrected chi connectivity index (χ1v) is 6.17. The number of amides is 1. The van der Waals surface area contributed by atoms with E-state index in [1.54, 1.807) is 11.8 Å². The number of carbonyl (C=O) groups excluding carboxylic acids is 1. The van der Waals surface area contributed by atoms with Gasteiger partial charge in [0.2, 0.25) is 0 Å². The number of nitrogens with zero attached hydrogens (tertiary/aromatic N) is 1. The van der Waals surface area contributed by atoms with Gasteiger partial charge in [0, 0.05) is 19.7 Å². The highest BCUT2D eigenvalue weighted by atomic mass is 16.5. The molecular weight excluding hydrogens is 222 g/mol. The summed E-state index contributed by atoms with van der Waals surface area (Å²) < 4.78 is 5.36. The fraction of sp³-hybridized carbons (Fsp3) is 0.833. The molecule has 0 aromatic rings. The molecular formula is C12H19NO4. The third kappa shape index (κ3) is 2.44. The summed E-state index contributed by atoms with van der Waals surface area (Å²) in [5.74, 6) is -0.850. The van der Waals surface area contributed by atoms with Crippen LogP contribution in [0.1, 0.15) is 32.6 Å². The van der Waals surface area contributed by atoms with Crippen LogP contribution in [0.2, 0.25) is 0 Å². The Kier molecular flexibility index (Phi) is 3.38. The molecule has 0 aliphatic carbocycles. The van der Waals surface area contributed by atoms with Crippen LogP contribution in [-0.2, 0) is 14.3 Å². The van der Waals surface area contributed by atoms with Crippen LogP contribution in [-0.4, -0.2) is 47.7 Å². The standard InChI is InChI=1S/C12H19NO4/c1-12(11(15)16)5-3-6-13(8-12)10(14)9-4-2-7-17-9/h9H,2-8H2,1H3,(H,15,16)/t9-,12?/m0/s1. The van der Waals surface area contributed by atoms with Gasteiger partial charge in [-0.2, -0.15) is 0 Å². The number of ether oxygens (including phenoxy) is 1. The number of piperidine rings is 1. The van der Waals surface area contributed by atoms with Crippen molar-refractivity contribution in [3.63, 3.8) is 0 Å².